The van der Waals surface area contributed by atoms with Crippen molar-refractivity contribution in [2.75, 3.05) is 6.54 Å². The summed E-state index contributed by atoms with van der Waals surface area (Å²) in [5, 5.41) is 5.84. The van der Waals surface area contributed by atoms with Crippen molar-refractivity contribution in [3.05, 3.63) is 34.8 Å². The second kappa shape index (κ2) is 5.65. The van der Waals surface area contributed by atoms with E-state index in [0.717, 1.165) is 24.1 Å². The summed E-state index contributed by atoms with van der Waals surface area (Å²) < 4.78 is 31.3. The van der Waals surface area contributed by atoms with Crippen LogP contribution in [0.3, 0.4) is 0 Å². The Kier molecular flexibility index (Phi) is 3.83. The number of hydrogen-bond acceptors (Lipinski definition) is 5. The average Bonchev–Trinajstić information content (AvgIpc) is 2.94. The van der Waals surface area contributed by atoms with Crippen LogP contribution in [0.5, 0.6) is 0 Å². The maximum atomic E-state index is 12.7. The largest absolute Gasteiger partial charge is 0.493 e. The van der Waals surface area contributed by atoms with Crippen molar-refractivity contribution < 1.29 is 17.7 Å². The van der Waals surface area contributed by atoms with Crippen LogP contribution in [0.4, 0.5) is 0 Å². The Morgan fingerprint density at radius 1 is 1.32 bits per heavy atom. The molecule has 0 amide bonds. The molecular weight excluding hydrogens is 308 g/mol. The van der Waals surface area contributed by atoms with Gasteiger partial charge in [0.2, 0.25) is 15.3 Å². The first kappa shape index (κ1) is 14.9. The van der Waals surface area contributed by atoms with Gasteiger partial charge in [-0.2, -0.15) is 4.31 Å². The van der Waals surface area contributed by atoms with Crippen LogP contribution in [0.2, 0.25) is 0 Å². The van der Waals surface area contributed by atoms with Crippen molar-refractivity contribution >= 4 is 10.0 Å². The van der Waals surface area contributed by atoms with Crippen molar-refractivity contribution in [1.29, 1.82) is 0 Å². The van der Waals surface area contributed by atoms with Crippen LogP contribution in [0.15, 0.2) is 38.5 Å². The standard InChI is InChI=1S/C13H16N4O4S/c1-10-4-2-3-9-16(10)22(19,20)12-7-5-11(6-8-12)17-14-13(18)21-15-17/h5-8,10H,2-4,9H2,1H3/p+1/t10-/m0/s1. The van der Waals surface area contributed by atoms with Crippen LogP contribution < -0.4 is 10.6 Å². The second-order valence-corrected chi connectivity index (χ2v) is 7.23. The summed E-state index contributed by atoms with van der Waals surface area (Å²) in [6, 6.07) is 6.16. The highest BCUT2D eigenvalue weighted by Crippen LogP contribution is 2.25. The third kappa shape index (κ3) is 2.69. The predicted molar refractivity (Wildman–Crippen MR) is 75.9 cm³/mol. The molecule has 22 heavy (non-hydrogen) atoms. The highest BCUT2D eigenvalue weighted by Gasteiger charge is 2.31. The lowest BCUT2D eigenvalue weighted by molar-refractivity contribution is -0.725. The van der Waals surface area contributed by atoms with E-state index in [9.17, 15) is 13.2 Å². The quantitative estimate of drug-likeness (QED) is 0.813. The summed E-state index contributed by atoms with van der Waals surface area (Å²) in [5.41, 5.74) is 0.511. The Hall–Kier alpha value is -2.00. The number of rotatable bonds is 3. The van der Waals surface area contributed by atoms with Crippen LogP contribution in [-0.4, -0.2) is 35.7 Å². The Morgan fingerprint density at radius 2 is 2.05 bits per heavy atom. The van der Waals surface area contributed by atoms with Crippen LogP contribution in [-0.2, 0) is 10.0 Å². The molecule has 2 aromatic rings. The van der Waals surface area contributed by atoms with Gasteiger partial charge in [-0.3, -0.25) is 0 Å². The van der Waals surface area contributed by atoms with Gasteiger partial charge in [0.1, 0.15) is 0 Å². The maximum absolute atomic E-state index is 12.7. The number of aromatic amines is 1. The molecule has 1 aromatic carbocycles. The molecule has 0 saturated carbocycles. The lowest BCUT2D eigenvalue weighted by Crippen LogP contribution is -2.42. The molecule has 3 rings (SSSR count). The van der Waals surface area contributed by atoms with Gasteiger partial charge in [0.05, 0.1) is 9.69 Å². The molecule has 1 aromatic heterocycles. The average molecular weight is 325 g/mol. The number of H-pyrrole nitrogens is 1. The van der Waals surface area contributed by atoms with E-state index < -0.39 is 15.8 Å². The minimum atomic E-state index is -3.50. The molecule has 1 fully saturated rings. The van der Waals surface area contributed by atoms with Crippen molar-refractivity contribution in [1.82, 2.24) is 14.7 Å². The van der Waals surface area contributed by atoms with Gasteiger partial charge in [-0.15, -0.1) is 0 Å². The zero-order chi connectivity index (χ0) is 15.7. The molecule has 1 aliphatic heterocycles. The van der Waals surface area contributed by atoms with Crippen molar-refractivity contribution in [2.45, 2.75) is 37.1 Å². The monoisotopic (exact) mass is 325 g/mol. The Labute approximate surface area is 127 Å². The van der Waals surface area contributed by atoms with Gasteiger partial charge >= 0.3 is 5.76 Å². The van der Waals surface area contributed by atoms with Gasteiger partial charge in [-0.05, 0) is 31.9 Å². The minimum Gasteiger partial charge on any atom is -0.239 e. The summed E-state index contributed by atoms with van der Waals surface area (Å²) in [4.78, 5) is 12.3. The first-order valence-electron chi connectivity index (χ1n) is 7.09. The van der Waals surface area contributed by atoms with E-state index in [1.807, 2.05) is 6.92 Å². The molecule has 2 heterocycles. The molecular formula is C13H17N4O4S+. The van der Waals surface area contributed by atoms with Gasteiger partial charge in [0.25, 0.3) is 5.69 Å². The third-order valence-electron chi connectivity index (χ3n) is 3.83. The third-order valence-corrected chi connectivity index (χ3v) is 5.86. The van der Waals surface area contributed by atoms with Crippen LogP contribution in [0.25, 0.3) is 5.69 Å². The molecule has 1 saturated heterocycles. The fourth-order valence-electron chi connectivity index (χ4n) is 2.64. The Bertz CT molecular complexity index is 809. The van der Waals surface area contributed by atoms with E-state index in [2.05, 4.69) is 14.9 Å². The van der Waals surface area contributed by atoms with E-state index in [1.165, 1.54) is 12.1 Å². The van der Waals surface area contributed by atoms with Crippen LogP contribution in [0, 0.1) is 0 Å². The van der Waals surface area contributed by atoms with Crippen molar-refractivity contribution in [2.24, 2.45) is 0 Å². The predicted octanol–water partition coefficient (Wildman–Crippen LogP) is 0.203. The molecule has 0 spiro atoms. The molecule has 0 unspecified atom stereocenters. The van der Waals surface area contributed by atoms with Gasteiger partial charge in [0.15, 0.2) is 0 Å². The summed E-state index contributed by atoms with van der Waals surface area (Å²) >= 11 is 0. The van der Waals surface area contributed by atoms with E-state index >= 15 is 0 Å². The van der Waals surface area contributed by atoms with Gasteiger partial charge < -0.3 is 0 Å². The summed E-state index contributed by atoms with van der Waals surface area (Å²) in [6.45, 7) is 2.48. The number of nitrogens with one attached hydrogen (secondary N) is 1. The fraction of sp³-hybridized carbons (Fsp3) is 0.462. The number of sulfonamides is 1. The number of nitrogens with zero attached hydrogens (tertiary/aromatic N) is 3. The highest BCUT2D eigenvalue weighted by molar-refractivity contribution is 7.89. The van der Waals surface area contributed by atoms with Gasteiger partial charge in [0, 0.05) is 24.7 Å². The molecule has 0 aliphatic carbocycles. The first-order valence-corrected chi connectivity index (χ1v) is 8.53. The van der Waals surface area contributed by atoms with Crippen molar-refractivity contribution in [3.8, 4) is 5.69 Å². The Morgan fingerprint density at radius 3 is 2.64 bits per heavy atom. The topological polar surface area (TPSA) is 100 Å². The molecule has 118 valence electrons. The maximum Gasteiger partial charge on any atom is 0.493 e. The first-order chi connectivity index (χ1) is 10.5. The molecule has 0 radical (unpaired) electrons. The SMILES string of the molecule is C[C@H]1CCCCN1S(=O)(=O)c1ccc(-[n+]2noc(=O)[nH]2)cc1. The molecule has 9 heteroatoms. The van der Waals surface area contributed by atoms with E-state index in [4.69, 9.17) is 0 Å². The number of piperidine rings is 1. The summed E-state index contributed by atoms with van der Waals surface area (Å²) in [6.07, 6.45) is 2.83. The van der Waals surface area contributed by atoms with E-state index in [-0.39, 0.29) is 10.9 Å². The normalized spacial score (nSPS) is 20.1. The summed E-state index contributed by atoms with van der Waals surface area (Å²) in [7, 11) is -3.50. The molecule has 8 nitrogen and oxygen atoms in total. The molecule has 1 aliphatic rings. The molecule has 1 atom stereocenters. The number of benzene rings is 1. The smallest absolute Gasteiger partial charge is 0.239 e. The fourth-order valence-corrected chi connectivity index (χ4v) is 4.34. The van der Waals surface area contributed by atoms with E-state index in [0.29, 0.717) is 12.2 Å². The van der Waals surface area contributed by atoms with Crippen LogP contribution in [0.1, 0.15) is 26.2 Å². The van der Waals surface area contributed by atoms with Crippen LogP contribution >= 0.6 is 0 Å². The highest BCUT2D eigenvalue weighted by atomic mass is 32.2. The van der Waals surface area contributed by atoms with Gasteiger partial charge in [-0.1, -0.05) is 11.5 Å². The molecule has 0 bridgehead atoms. The van der Waals surface area contributed by atoms with Crippen molar-refractivity contribution in [3.63, 3.8) is 0 Å². The zero-order valence-electron chi connectivity index (χ0n) is 12.1. The Balaban J connectivity index is 1.90. The number of hydrogen-bond donors (Lipinski definition) is 1. The zero-order valence-corrected chi connectivity index (χ0v) is 12.9. The number of aromatic nitrogens is 3. The summed E-state index contributed by atoms with van der Waals surface area (Å²) in [5.74, 6) is -0.682. The second-order valence-electron chi connectivity index (χ2n) is 5.34. The van der Waals surface area contributed by atoms with E-state index in [1.54, 1.807) is 16.4 Å². The lowest BCUT2D eigenvalue weighted by Gasteiger charge is -2.32. The van der Waals surface area contributed by atoms with Gasteiger partial charge in [-0.25, -0.2) is 17.7 Å². The minimum absolute atomic E-state index is 0.0136. The molecule has 1 N–H and O–H groups in total. The lowest BCUT2D eigenvalue weighted by atomic mass is 10.1.